The average Bonchev–Trinajstić information content (AvgIpc) is 2.54. The minimum absolute atomic E-state index is 0.204. The van der Waals surface area contributed by atoms with Crippen molar-refractivity contribution in [2.75, 3.05) is 32.1 Å². The topological polar surface area (TPSA) is 78.9 Å². The zero-order chi connectivity index (χ0) is 18.3. The standard InChI is InChI=1S/C12H16N2O4.C3H6.C2H6/c1-14(2)9-4-3-5-10(6-9)18-8-11(15)13-7-12(16)17;1-3-2;1-2/h3-6H,7-8H2,1-2H3,(H,13,15)(H,16,17);3H,1H2,2H3;1-2H3. The molecule has 0 aliphatic rings. The first-order valence-corrected chi connectivity index (χ1v) is 7.36. The minimum atomic E-state index is -1.09. The molecule has 0 atom stereocenters. The van der Waals surface area contributed by atoms with Crippen molar-refractivity contribution >= 4 is 17.6 Å². The third-order valence-electron chi connectivity index (χ3n) is 2.14. The first-order valence-electron chi connectivity index (χ1n) is 7.36. The average molecular weight is 324 g/mol. The molecule has 1 aromatic rings. The molecular weight excluding hydrogens is 296 g/mol. The minimum Gasteiger partial charge on any atom is -0.484 e. The Morgan fingerprint density at radius 3 is 2.39 bits per heavy atom. The Morgan fingerprint density at radius 2 is 1.91 bits per heavy atom. The summed E-state index contributed by atoms with van der Waals surface area (Å²) in [6, 6.07) is 7.26. The lowest BCUT2D eigenvalue weighted by atomic mass is 10.3. The van der Waals surface area contributed by atoms with E-state index in [0.717, 1.165) is 5.69 Å². The smallest absolute Gasteiger partial charge is 0.322 e. The van der Waals surface area contributed by atoms with E-state index in [1.807, 2.05) is 51.9 Å². The van der Waals surface area contributed by atoms with Gasteiger partial charge < -0.3 is 20.1 Å². The second kappa shape index (κ2) is 14.4. The summed E-state index contributed by atoms with van der Waals surface area (Å²) in [6.07, 6.45) is 1.75. The Morgan fingerprint density at radius 1 is 1.35 bits per heavy atom. The molecule has 0 unspecified atom stereocenters. The summed E-state index contributed by atoms with van der Waals surface area (Å²) in [5.74, 6) is -0.989. The van der Waals surface area contributed by atoms with Crippen LogP contribution in [0.4, 0.5) is 5.69 Å². The number of hydrogen-bond acceptors (Lipinski definition) is 4. The molecule has 0 aliphatic heterocycles. The van der Waals surface area contributed by atoms with Crippen LogP contribution in [0.25, 0.3) is 0 Å². The summed E-state index contributed by atoms with van der Waals surface area (Å²) in [6.45, 7) is 8.64. The third kappa shape index (κ3) is 12.9. The third-order valence-corrected chi connectivity index (χ3v) is 2.14. The van der Waals surface area contributed by atoms with Crippen LogP contribution in [0, 0.1) is 0 Å². The number of carboxylic acids is 1. The molecule has 0 saturated carbocycles. The fourth-order valence-electron chi connectivity index (χ4n) is 1.23. The second-order valence-electron chi connectivity index (χ2n) is 4.26. The lowest BCUT2D eigenvalue weighted by Crippen LogP contribution is -2.33. The van der Waals surface area contributed by atoms with Gasteiger partial charge in [0.1, 0.15) is 12.3 Å². The van der Waals surface area contributed by atoms with Crippen LogP contribution in [-0.4, -0.2) is 44.2 Å². The molecule has 1 aromatic carbocycles. The molecule has 130 valence electrons. The van der Waals surface area contributed by atoms with Crippen molar-refractivity contribution in [3.63, 3.8) is 0 Å². The Hall–Kier alpha value is -2.50. The maximum atomic E-state index is 11.2. The zero-order valence-electron chi connectivity index (χ0n) is 14.6. The lowest BCUT2D eigenvalue weighted by Gasteiger charge is -2.13. The number of aliphatic carboxylic acids is 1. The fraction of sp³-hybridized carbons (Fsp3) is 0.412. The first-order chi connectivity index (χ1) is 10.9. The first kappa shape index (κ1) is 22.8. The molecule has 23 heavy (non-hydrogen) atoms. The summed E-state index contributed by atoms with van der Waals surface area (Å²) in [5.41, 5.74) is 0.957. The summed E-state index contributed by atoms with van der Waals surface area (Å²) < 4.78 is 5.26. The van der Waals surface area contributed by atoms with E-state index in [1.165, 1.54) is 0 Å². The van der Waals surface area contributed by atoms with E-state index in [1.54, 1.807) is 18.2 Å². The lowest BCUT2D eigenvalue weighted by molar-refractivity contribution is -0.138. The molecule has 0 radical (unpaired) electrons. The summed E-state index contributed by atoms with van der Waals surface area (Å²) in [7, 11) is 3.80. The van der Waals surface area contributed by atoms with E-state index in [2.05, 4.69) is 11.9 Å². The van der Waals surface area contributed by atoms with Crippen LogP contribution >= 0.6 is 0 Å². The van der Waals surface area contributed by atoms with Crippen LogP contribution in [0.15, 0.2) is 36.9 Å². The number of ether oxygens (including phenoxy) is 1. The summed E-state index contributed by atoms with van der Waals surface area (Å²) in [4.78, 5) is 23.4. The number of anilines is 1. The number of amides is 1. The van der Waals surface area contributed by atoms with E-state index < -0.39 is 18.4 Å². The van der Waals surface area contributed by atoms with Crippen molar-refractivity contribution in [2.24, 2.45) is 0 Å². The predicted octanol–water partition coefficient (Wildman–Crippen LogP) is 2.55. The van der Waals surface area contributed by atoms with Crippen LogP contribution in [0.1, 0.15) is 20.8 Å². The molecule has 0 fully saturated rings. The van der Waals surface area contributed by atoms with Gasteiger partial charge in [-0.25, -0.2) is 0 Å². The highest BCUT2D eigenvalue weighted by molar-refractivity contribution is 5.82. The Bertz CT molecular complexity index is 473. The highest BCUT2D eigenvalue weighted by Gasteiger charge is 2.05. The molecule has 6 nitrogen and oxygen atoms in total. The van der Waals surface area contributed by atoms with Gasteiger partial charge in [0.15, 0.2) is 6.61 Å². The summed E-state index contributed by atoms with van der Waals surface area (Å²) >= 11 is 0. The number of nitrogens with one attached hydrogen (secondary N) is 1. The van der Waals surface area contributed by atoms with Gasteiger partial charge in [-0.2, -0.15) is 0 Å². The van der Waals surface area contributed by atoms with Gasteiger partial charge in [-0.3, -0.25) is 9.59 Å². The highest BCUT2D eigenvalue weighted by Crippen LogP contribution is 2.18. The van der Waals surface area contributed by atoms with E-state index in [9.17, 15) is 9.59 Å². The predicted molar refractivity (Wildman–Crippen MR) is 94.1 cm³/mol. The molecule has 0 bridgehead atoms. The molecule has 1 amide bonds. The van der Waals surface area contributed by atoms with Crippen LogP contribution < -0.4 is 15.0 Å². The van der Waals surface area contributed by atoms with Gasteiger partial charge in [-0.15, -0.1) is 6.58 Å². The van der Waals surface area contributed by atoms with E-state index in [-0.39, 0.29) is 6.61 Å². The van der Waals surface area contributed by atoms with Crippen LogP contribution in [0.2, 0.25) is 0 Å². The monoisotopic (exact) mass is 324 g/mol. The van der Waals surface area contributed by atoms with Crippen molar-refractivity contribution in [1.82, 2.24) is 5.32 Å². The number of allylic oxidation sites excluding steroid dienone is 1. The quantitative estimate of drug-likeness (QED) is 0.786. The van der Waals surface area contributed by atoms with E-state index in [4.69, 9.17) is 9.84 Å². The Balaban J connectivity index is 0. The number of rotatable bonds is 6. The van der Waals surface area contributed by atoms with Crippen molar-refractivity contribution in [3.8, 4) is 5.75 Å². The molecule has 1 rings (SSSR count). The van der Waals surface area contributed by atoms with Crippen LogP contribution in [0.5, 0.6) is 5.75 Å². The van der Waals surface area contributed by atoms with Crippen molar-refractivity contribution in [1.29, 1.82) is 0 Å². The molecule has 0 spiro atoms. The molecular formula is C17H28N2O4. The van der Waals surface area contributed by atoms with E-state index >= 15 is 0 Å². The molecule has 0 heterocycles. The van der Waals surface area contributed by atoms with Gasteiger partial charge in [0.2, 0.25) is 0 Å². The summed E-state index contributed by atoms with van der Waals surface area (Å²) in [5, 5.41) is 10.6. The maximum Gasteiger partial charge on any atom is 0.322 e. The van der Waals surface area contributed by atoms with Crippen LogP contribution in [-0.2, 0) is 9.59 Å². The fourth-order valence-corrected chi connectivity index (χ4v) is 1.23. The Labute approximate surface area is 138 Å². The van der Waals surface area contributed by atoms with Gasteiger partial charge in [0, 0.05) is 25.8 Å². The number of carbonyl (C=O) groups excluding carboxylic acids is 1. The number of carboxylic acid groups (broad SMARTS) is 1. The highest BCUT2D eigenvalue weighted by atomic mass is 16.5. The van der Waals surface area contributed by atoms with Crippen molar-refractivity contribution < 1.29 is 19.4 Å². The second-order valence-corrected chi connectivity index (χ2v) is 4.26. The molecule has 6 heteroatoms. The van der Waals surface area contributed by atoms with E-state index in [0.29, 0.717) is 5.75 Å². The normalized spacial score (nSPS) is 8.39. The molecule has 0 saturated heterocycles. The molecule has 0 aliphatic carbocycles. The largest absolute Gasteiger partial charge is 0.484 e. The van der Waals surface area contributed by atoms with Gasteiger partial charge >= 0.3 is 5.97 Å². The Kier molecular flexibility index (Phi) is 14.3. The van der Waals surface area contributed by atoms with Crippen LogP contribution in [0.3, 0.4) is 0 Å². The van der Waals surface area contributed by atoms with Gasteiger partial charge in [0.05, 0.1) is 0 Å². The van der Waals surface area contributed by atoms with Crippen molar-refractivity contribution in [2.45, 2.75) is 20.8 Å². The maximum absolute atomic E-state index is 11.2. The zero-order valence-corrected chi connectivity index (χ0v) is 14.6. The molecule has 2 N–H and O–H groups in total. The number of hydrogen-bond donors (Lipinski definition) is 2. The van der Waals surface area contributed by atoms with Gasteiger partial charge in [-0.05, 0) is 19.1 Å². The molecule has 0 aromatic heterocycles. The SMILES string of the molecule is C=CC.CC.CN(C)c1cccc(OCC(=O)NCC(=O)O)c1. The number of benzene rings is 1. The number of nitrogens with zero attached hydrogens (tertiary/aromatic N) is 1. The van der Waals surface area contributed by atoms with Crippen molar-refractivity contribution in [3.05, 3.63) is 36.9 Å². The van der Waals surface area contributed by atoms with Gasteiger partial charge in [0.25, 0.3) is 5.91 Å². The number of carbonyl (C=O) groups is 2. The van der Waals surface area contributed by atoms with Gasteiger partial charge in [-0.1, -0.05) is 26.0 Å².